The van der Waals surface area contributed by atoms with Gasteiger partial charge in [-0.05, 0) is 55.3 Å². The van der Waals surface area contributed by atoms with Gasteiger partial charge in [-0.15, -0.1) is 0 Å². The van der Waals surface area contributed by atoms with Gasteiger partial charge >= 0.3 is 0 Å². The first kappa shape index (κ1) is 29.2. The van der Waals surface area contributed by atoms with Crippen molar-refractivity contribution in [1.29, 1.82) is 0 Å². The minimum atomic E-state index is -4.13. The van der Waals surface area contributed by atoms with Gasteiger partial charge in [0.2, 0.25) is 11.8 Å². The molecule has 0 unspecified atom stereocenters. The number of methoxy groups -OCH3 is 1. The highest BCUT2D eigenvalue weighted by Crippen LogP contribution is 2.27. The van der Waals surface area contributed by atoms with E-state index < -0.39 is 28.5 Å². The Hall–Kier alpha value is -3.37. The van der Waals surface area contributed by atoms with E-state index in [1.807, 2.05) is 31.2 Å². The van der Waals surface area contributed by atoms with Gasteiger partial charge < -0.3 is 15.0 Å². The Bertz CT molecular complexity index is 1350. The Morgan fingerprint density at radius 1 is 1.00 bits per heavy atom. The van der Waals surface area contributed by atoms with E-state index in [0.717, 1.165) is 20.8 Å². The molecule has 0 heterocycles. The molecule has 0 radical (unpaired) electrons. The van der Waals surface area contributed by atoms with Gasteiger partial charge in [-0.1, -0.05) is 59.3 Å². The summed E-state index contributed by atoms with van der Waals surface area (Å²) in [5.41, 5.74) is 1.06. The molecule has 0 saturated heterocycles. The zero-order valence-corrected chi connectivity index (χ0v) is 24.0. The topological polar surface area (TPSA) is 96.0 Å². The molecule has 3 aromatic rings. The molecule has 0 aliphatic carbocycles. The number of hydrogen-bond donors (Lipinski definition) is 1. The van der Waals surface area contributed by atoms with Gasteiger partial charge in [0.05, 0.1) is 17.7 Å². The van der Waals surface area contributed by atoms with Gasteiger partial charge in [-0.25, -0.2) is 8.42 Å². The highest BCUT2D eigenvalue weighted by molar-refractivity contribution is 9.10. The van der Waals surface area contributed by atoms with E-state index in [9.17, 15) is 18.0 Å². The fourth-order valence-corrected chi connectivity index (χ4v) is 5.70. The number of amides is 2. The average molecular weight is 603 g/mol. The zero-order valence-electron chi connectivity index (χ0n) is 21.6. The van der Waals surface area contributed by atoms with Crippen LogP contribution in [0.1, 0.15) is 25.8 Å². The molecule has 0 aliphatic heterocycles. The summed E-state index contributed by atoms with van der Waals surface area (Å²) in [6.45, 7) is 3.67. The largest absolute Gasteiger partial charge is 0.497 e. The van der Waals surface area contributed by atoms with Crippen LogP contribution in [-0.4, -0.2) is 51.4 Å². The van der Waals surface area contributed by atoms with Gasteiger partial charge in [-0.2, -0.15) is 0 Å². The summed E-state index contributed by atoms with van der Waals surface area (Å²) in [4.78, 5) is 28.2. The molecular formula is C28H32BrN3O5S. The molecule has 3 aromatic carbocycles. The normalized spacial score (nSPS) is 11.9. The number of halogens is 1. The minimum absolute atomic E-state index is 0.0443. The summed E-state index contributed by atoms with van der Waals surface area (Å²) >= 11 is 3.44. The van der Waals surface area contributed by atoms with E-state index in [-0.39, 0.29) is 23.0 Å². The number of nitrogens with zero attached hydrogens (tertiary/aromatic N) is 2. The first-order valence-corrected chi connectivity index (χ1v) is 14.4. The van der Waals surface area contributed by atoms with E-state index >= 15 is 0 Å². The van der Waals surface area contributed by atoms with Crippen molar-refractivity contribution in [2.45, 2.75) is 37.8 Å². The molecule has 0 spiro atoms. The van der Waals surface area contributed by atoms with Gasteiger partial charge in [0, 0.05) is 23.6 Å². The second-order valence-corrected chi connectivity index (χ2v) is 11.4. The number of nitrogens with one attached hydrogen (secondary N) is 1. The number of rotatable bonds is 12. The molecule has 0 saturated carbocycles. The first-order valence-electron chi connectivity index (χ1n) is 12.2. The molecule has 202 valence electrons. The Morgan fingerprint density at radius 3 is 2.37 bits per heavy atom. The van der Waals surface area contributed by atoms with Crippen LogP contribution >= 0.6 is 15.9 Å². The van der Waals surface area contributed by atoms with Crippen LogP contribution in [0.3, 0.4) is 0 Å². The first-order chi connectivity index (χ1) is 18.2. The van der Waals surface area contributed by atoms with Crippen LogP contribution in [0.4, 0.5) is 5.69 Å². The van der Waals surface area contributed by atoms with Crippen molar-refractivity contribution in [3.63, 3.8) is 0 Å². The number of hydrogen-bond acceptors (Lipinski definition) is 5. The average Bonchev–Trinajstić information content (AvgIpc) is 2.93. The molecule has 0 bridgehead atoms. The molecule has 38 heavy (non-hydrogen) atoms. The third-order valence-electron chi connectivity index (χ3n) is 5.91. The van der Waals surface area contributed by atoms with Crippen molar-refractivity contribution in [2.24, 2.45) is 0 Å². The summed E-state index contributed by atoms with van der Waals surface area (Å²) in [5, 5.41) is 2.83. The lowest BCUT2D eigenvalue weighted by Crippen LogP contribution is -2.51. The quantitative estimate of drug-likeness (QED) is 0.327. The van der Waals surface area contributed by atoms with Gasteiger partial charge in [0.1, 0.15) is 18.3 Å². The highest BCUT2D eigenvalue weighted by atomic mass is 79.9. The van der Waals surface area contributed by atoms with E-state index in [4.69, 9.17) is 4.74 Å². The molecule has 1 N–H and O–H groups in total. The molecule has 0 aromatic heterocycles. The van der Waals surface area contributed by atoms with Crippen molar-refractivity contribution in [1.82, 2.24) is 10.2 Å². The molecule has 1 atom stereocenters. The second-order valence-electron chi connectivity index (χ2n) is 8.64. The van der Waals surface area contributed by atoms with E-state index in [1.54, 1.807) is 49.4 Å². The number of sulfonamides is 1. The third kappa shape index (κ3) is 7.35. The fourth-order valence-electron chi connectivity index (χ4n) is 3.82. The van der Waals surface area contributed by atoms with E-state index in [1.165, 1.54) is 24.1 Å². The van der Waals surface area contributed by atoms with E-state index in [2.05, 4.69) is 21.2 Å². The SMILES string of the molecule is CCCNC(=O)[C@H](C)N(Cc1cccc(Br)c1)C(=O)CN(c1cccc(OC)c1)S(=O)(=O)c1ccccc1. The lowest BCUT2D eigenvalue weighted by molar-refractivity contribution is -0.139. The van der Waals surface area contributed by atoms with Crippen LogP contribution in [0.15, 0.2) is 88.2 Å². The predicted octanol–water partition coefficient (Wildman–Crippen LogP) is 4.60. The number of ether oxygens (including phenoxy) is 1. The molecule has 2 amide bonds. The van der Waals surface area contributed by atoms with E-state index in [0.29, 0.717) is 12.3 Å². The van der Waals surface area contributed by atoms with Crippen LogP contribution < -0.4 is 14.4 Å². The maximum Gasteiger partial charge on any atom is 0.264 e. The second kappa shape index (κ2) is 13.4. The number of anilines is 1. The summed E-state index contributed by atoms with van der Waals surface area (Å²) in [6.07, 6.45) is 0.747. The molecule has 0 aliphatic rings. The maximum absolute atomic E-state index is 13.9. The lowest BCUT2D eigenvalue weighted by Gasteiger charge is -2.32. The van der Waals surface area contributed by atoms with Crippen molar-refractivity contribution in [2.75, 3.05) is 24.5 Å². The van der Waals surface area contributed by atoms with Crippen molar-refractivity contribution in [3.8, 4) is 5.75 Å². The molecule has 8 nitrogen and oxygen atoms in total. The standard InChI is InChI=1S/C28H32BrN3O5S/c1-4-16-30-28(34)21(2)31(19-22-10-8-11-23(29)17-22)27(33)20-32(24-12-9-13-25(18-24)37-3)38(35,36)26-14-6-5-7-15-26/h5-15,17-18,21H,4,16,19-20H2,1-3H3,(H,30,34)/t21-/m0/s1. The number of carbonyl (C=O) groups excluding carboxylic acids is 2. The van der Waals surface area contributed by atoms with Crippen LogP contribution in [0.5, 0.6) is 5.75 Å². The summed E-state index contributed by atoms with van der Waals surface area (Å²) in [7, 11) is -2.64. The van der Waals surface area contributed by atoms with Gasteiger partial charge in [-0.3, -0.25) is 13.9 Å². The highest BCUT2D eigenvalue weighted by Gasteiger charge is 2.32. The lowest BCUT2D eigenvalue weighted by atomic mass is 10.1. The Morgan fingerprint density at radius 2 is 1.71 bits per heavy atom. The monoisotopic (exact) mass is 601 g/mol. The smallest absolute Gasteiger partial charge is 0.264 e. The zero-order chi connectivity index (χ0) is 27.7. The molecule has 0 fully saturated rings. The van der Waals surface area contributed by atoms with Crippen LogP contribution in [0, 0.1) is 0 Å². The Kier molecular flexibility index (Phi) is 10.3. The summed E-state index contributed by atoms with van der Waals surface area (Å²) in [6, 6.07) is 21.0. The summed E-state index contributed by atoms with van der Waals surface area (Å²) < 4.78 is 34.7. The molecule has 3 rings (SSSR count). The maximum atomic E-state index is 13.9. The van der Waals surface area contributed by atoms with Crippen molar-refractivity contribution < 1.29 is 22.7 Å². The van der Waals surface area contributed by atoms with Gasteiger partial charge in [0.15, 0.2) is 0 Å². The van der Waals surface area contributed by atoms with Crippen LogP contribution in [0.2, 0.25) is 0 Å². The number of carbonyl (C=O) groups is 2. The minimum Gasteiger partial charge on any atom is -0.497 e. The number of benzene rings is 3. The molecular weight excluding hydrogens is 570 g/mol. The summed E-state index contributed by atoms with van der Waals surface area (Å²) in [5.74, 6) is -0.387. The van der Waals surface area contributed by atoms with Crippen LogP contribution in [0.25, 0.3) is 0 Å². The van der Waals surface area contributed by atoms with Crippen LogP contribution in [-0.2, 0) is 26.2 Å². The Labute approximate surface area is 232 Å². The fraction of sp³-hybridized carbons (Fsp3) is 0.286. The third-order valence-corrected chi connectivity index (χ3v) is 8.19. The van der Waals surface area contributed by atoms with Crippen molar-refractivity contribution >= 4 is 43.5 Å². The Balaban J connectivity index is 2.03. The van der Waals surface area contributed by atoms with Crippen molar-refractivity contribution in [3.05, 3.63) is 88.9 Å². The predicted molar refractivity (Wildman–Crippen MR) is 151 cm³/mol. The molecule has 10 heteroatoms. The van der Waals surface area contributed by atoms with Gasteiger partial charge in [0.25, 0.3) is 10.0 Å².